The molecule has 21 heavy (non-hydrogen) atoms. The van der Waals surface area contributed by atoms with Crippen LogP contribution in [0.2, 0.25) is 0 Å². The molecule has 7 heteroatoms. The zero-order valence-corrected chi connectivity index (χ0v) is 11.3. The molecule has 0 saturated carbocycles. The predicted octanol–water partition coefficient (Wildman–Crippen LogP) is 0.968. The summed E-state index contributed by atoms with van der Waals surface area (Å²) < 4.78 is 28.8. The molecule has 1 aliphatic rings. The molecule has 2 amide bonds. The highest BCUT2D eigenvalue weighted by Crippen LogP contribution is 2.23. The summed E-state index contributed by atoms with van der Waals surface area (Å²) in [6.45, 7) is -0.702. The second kappa shape index (κ2) is 7.12. The topological polar surface area (TPSA) is 58.6 Å². The number of halogens is 2. The van der Waals surface area contributed by atoms with Crippen LogP contribution in [-0.2, 0) is 14.3 Å². The Morgan fingerprint density at radius 3 is 2.67 bits per heavy atom. The molecule has 1 saturated heterocycles. The molecule has 0 aliphatic carbocycles. The quantitative estimate of drug-likeness (QED) is 0.796. The number of carbonyl (C=O) groups is 2. The summed E-state index contributed by atoms with van der Waals surface area (Å²) in [5.74, 6) is -0.543. The molecule has 0 radical (unpaired) electrons. The summed E-state index contributed by atoms with van der Waals surface area (Å²) in [7, 11) is 0. The van der Waals surface area contributed by atoms with Crippen LogP contribution in [-0.4, -0.2) is 49.4 Å². The Morgan fingerprint density at radius 2 is 2.00 bits per heavy atom. The van der Waals surface area contributed by atoms with Gasteiger partial charge in [0.05, 0.1) is 13.2 Å². The van der Waals surface area contributed by atoms with E-state index in [1.165, 1.54) is 4.90 Å². The number of amides is 2. The van der Waals surface area contributed by atoms with Crippen molar-refractivity contribution in [2.45, 2.75) is 12.5 Å². The number of hydrogen-bond acceptors (Lipinski definition) is 3. The fourth-order valence-electron chi connectivity index (χ4n) is 2.20. The Hall–Kier alpha value is -2.02. The molecule has 1 atom stereocenters. The van der Waals surface area contributed by atoms with E-state index in [2.05, 4.69) is 5.32 Å². The van der Waals surface area contributed by atoms with E-state index in [1.54, 1.807) is 24.3 Å². The molecule has 1 unspecified atom stereocenters. The summed E-state index contributed by atoms with van der Waals surface area (Å²) in [6.07, 6.45) is -2.55. The normalized spacial score (nSPS) is 19.0. The second-order valence-corrected chi connectivity index (χ2v) is 4.58. The molecule has 2 rings (SSSR count). The van der Waals surface area contributed by atoms with Crippen LogP contribution in [0, 0.1) is 0 Å². The maximum absolute atomic E-state index is 12.0. The number of hydrogen-bond donors (Lipinski definition) is 1. The van der Waals surface area contributed by atoms with E-state index >= 15 is 0 Å². The number of rotatable bonds is 6. The number of alkyl halides is 2. The highest BCUT2D eigenvalue weighted by molar-refractivity contribution is 5.95. The summed E-state index contributed by atoms with van der Waals surface area (Å²) >= 11 is 0. The van der Waals surface area contributed by atoms with E-state index < -0.39 is 19.1 Å². The van der Waals surface area contributed by atoms with Gasteiger partial charge in [-0.05, 0) is 5.56 Å². The lowest BCUT2D eigenvalue weighted by Crippen LogP contribution is -2.54. The summed E-state index contributed by atoms with van der Waals surface area (Å²) in [5.41, 5.74) is 0.678. The van der Waals surface area contributed by atoms with E-state index in [1.807, 2.05) is 6.07 Å². The van der Waals surface area contributed by atoms with Gasteiger partial charge in [-0.1, -0.05) is 30.3 Å². The number of benzene rings is 1. The zero-order valence-electron chi connectivity index (χ0n) is 11.3. The van der Waals surface area contributed by atoms with E-state index in [4.69, 9.17) is 4.74 Å². The predicted molar refractivity (Wildman–Crippen MR) is 70.7 cm³/mol. The third-order valence-corrected chi connectivity index (χ3v) is 3.13. The number of nitrogens with one attached hydrogen (secondary N) is 1. The zero-order chi connectivity index (χ0) is 15.2. The largest absolute Gasteiger partial charge is 0.374 e. The number of piperazine rings is 1. The third kappa shape index (κ3) is 3.98. The molecule has 1 aliphatic heterocycles. The smallest absolute Gasteiger partial charge is 0.261 e. The van der Waals surface area contributed by atoms with Gasteiger partial charge < -0.3 is 15.0 Å². The van der Waals surface area contributed by atoms with Gasteiger partial charge >= 0.3 is 0 Å². The van der Waals surface area contributed by atoms with Gasteiger partial charge in [-0.3, -0.25) is 9.59 Å². The van der Waals surface area contributed by atoms with Gasteiger partial charge in [-0.25, -0.2) is 8.78 Å². The minimum atomic E-state index is -2.55. The number of ether oxygens (including phenoxy) is 1. The monoisotopic (exact) mass is 298 g/mol. The van der Waals surface area contributed by atoms with Crippen molar-refractivity contribution in [2.24, 2.45) is 0 Å². The second-order valence-electron chi connectivity index (χ2n) is 4.58. The maximum atomic E-state index is 12.0. The average molecular weight is 298 g/mol. The van der Waals surface area contributed by atoms with E-state index in [-0.39, 0.29) is 31.5 Å². The Bertz CT molecular complexity index is 496. The fourth-order valence-corrected chi connectivity index (χ4v) is 2.20. The van der Waals surface area contributed by atoms with Gasteiger partial charge in [-0.15, -0.1) is 0 Å². The lowest BCUT2D eigenvalue weighted by atomic mass is 10.0. The number of carbonyl (C=O) groups excluding carboxylic acids is 2. The van der Waals surface area contributed by atoms with Crippen LogP contribution in [0.25, 0.3) is 0 Å². The van der Waals surface area contributed by atoms with E-state index in [0.29, 0.717) is 5.56 Å². The third-order valence-electron chi connectivity index (χ3n) is 3.13. The first-order valence-electron chi connectivity index (χ1n) is 6.57. The first-order chi connectivity index (χ1) is 10.1. The Kier molecular flexibility index (Phi) is 5.21. The van der Waals surface area contributed by atoms with Crippen LogP contribution in [0.15, 0.2) is 30.3 Å². The molecule has 5 nitrogen and oxygen atoms in total. The van der Waals surface area contributed by atoms with Crippen molar-refractivity contribution in [2.75, 3.05) is 26.3 Å². The summed E-state index contributed by atoms with van der Waals surface area (Å²) in [6, 6.07) is 8.09. The minimum absolute atomic E-state index is 0.0350. The first kappa shape index (κ1) is 15.4. The molecule has 0 spiro atoms. The van der Waals surface area contributed by atoms with E-state index in [0.717, 1.165) is 0 Å². The molecule has 1 heterocycles. The lowest BCUT2D eigenvalue weighted by Gasteiger charge is -2.35. The van der Waals surface area contributed by atoms with Gasteiger partial charge in [0.15, 0.2) is 0 Å². The van der Waals surface area contributed by atoms with Crippen molar-refractivity contribution in [3.8, 4) is 0 Å². The van der Waals surface area contributed by atoms with Gasteiger partial charge in [0.25, 0.3) is 6.43 Å². The van der Waals surface area contributed by atoms with Crippen LogP contribution in [0.1, 0.15) is 11.6 Å². The average Bonchev–Trinajstić information content (AvgIpc) is 2.47. The standard InChI is InChI=1S/C14H16F2N2O3/c15-11(16)9-21-7-6-18-12(19)8-17-14(20)13(18)10-4-2-1-3-5-10/h1-5,11,13H,6-9H2,(H,17,20). The van der Waals surface area contributed by atoms with Crippen molar-refractivity contribution in [1.82, 2.24) is 10.2 Å². The van der Waals surface area contributed by atoms with Gasteiger partial charge in [-0.2, -0.15) is 0 Å². The summed E-state index contributed by atoms with van der Waals surface area (Å²) in [4.78, 5) is 25.3. The Labute approximate surface area is 120 Å². The van der Waals surface area contributed by atoms with Crippen molar-refractivity contribution < 1.29 is 23.1 Å². The minimum Gasteiger partial charge on any atom is -0.374 e. The highest BCUT2D eigenvalue weighted by Gasteiger charge is 2.35. The van der Waals surface area contributed by atoms with Crippen LogP contribution >= 0.6 is 0 Å². The van der Waals surface area contributed by atoms with Crippen molar-refractivity contribution in [3.63, 3.8) is 0 Å². The Morgan fingerprint density at radius 1 is 1.29 bits per heavy atom. The molecule has 1 fully saturated rings. The molecule has 114 valence electrons. The highest BCUT2D eigenvalue weighted by atomic mass is 19.3. The van der Waals surface area contributed by atoms with Crippen LogP contribution in [0.3, 0.4) is 0 Å². The molecule has 0 bridgehead atoms. The van der Waals surface area contributed by atoms with Crippen LogP contribution in [0.5, 0.6) is 0 Å². The maximum Gasteiger partial charge on any atom is 0.261 e. The first-order valence-corrected chi connectivity index (χ1v) is 6.57. The van der Waals surface area contributed by atoms with Gasteiger partial charge in [0.2, 0.25) is 11.8 Å². The molecule has 1 N–H and O–H groups in total. The molecular weight excluding hydrogens is 282 g/mol. The summed E-state index contributed by atoms with van der Waals surface area (Å²) in [5, 5.41) is 2.53. The lowest BCUT2D eigenvalue weighted by molar-refractivity contribution is -0.146. The van der Waals surface area contributed by atoms with E-state index in [9.17, 15) is 18.4 Å². The molecular formula is C14H16F2N2O3. The SMILES string of the molecule is O=C1NCC(=O)N(CCOCC(F)F)C1c1ccccc1. The van der Waals surface area contributed by atoms with Crippen LogP contribution < -0.4 is 5.32 Å². The van der Waals surface area contributed by atoms with Gasteiger partial charge in [0.1, 0.15) is 12.6 Å². The van der Waals surface area contributed by atoms with Crippen LogP contribution in [0.4, 0.5) is 8.78 Å². The molecule has 0 aromatic heterocycles. The molecule has 1 aromatic carbocycles. The molecule has 1 aromatic rings. The van der Waals surface area contributed by atoms with Crippen molar-refractivity contribution in [1.29, 1.82) is 0 Å². The van der Waals surface area contributed by atoms with Crippen molar-refractivity contribution in [3.05, 3.63) is 35.9 Å². The van der Waals surface area contributed by atoms with Gasteiger partial charge in [0, 0.05) is 6.54 Å². The Balaban J connectivity index is 2.06. The number of nitrogens with zero attached hydrogens (tertiary/aromatic N) is 1. The van der Waals surface area contributed by atoms with Crippen molar-refractivity contribution >= 4 is 11.8 Å². The fraction of sp³-hybridized carbons (Fsp3) is 0.429.